The lowest BCUT2D eigenvalue weighted by atomic mass is 10.2. The first-order chi connectivity index (χ1) is 8.78. The predicted octanol–water partition coefficient (Wildman–Crippen LogP) is 3.23. The van der Waals surface area contributed by atoms with E-state index in [4.69, 9.17) is 4.74 Å². The van der Waals surface area contributed by atoms with Crippen molar-refractivity contribution in [1.82, 2.24) is 5.32 Å². The number of rotatable bonds is 6. The summed E-state index contributed by atoms with van der Waals surface area (Å²) >= 11 is 1.71. The second-order valence-corrected chi connectivity index (χ2v) is 5.04. The van der Waals surface area contributed by atoms with Gasteiger partial charge >= 0.3 is 0 Å². The zero-order valence-corrected chi connectivity index (χ0v) is 11.1. The van der Waals surface area contributed by atoms with Crippen LogP contribution in [0.3, 0.4) is 0 Å². The van der Waals surface area contributed by atoms with Crippen LogP contribution < -0.4 is 10.1 Å². The van der Waals surface area contributed by atoms with Gasteiger partial charge in [-0.1, -0.05) is 6.07 Å². The van der Waals surface area contributed by atoms with Gasteiger partial charge in [-0.2, -0.15) is 0 Å². The fourth-order valence-corrected chi connectivity index (χ4v) is 2.42. The van der Waals surface area contributed by atoms with E-state index in [1.807, 2.05) is 24.6 Å². The highest BCUT2D eigenvalue weighted by atomic mass is 32.1. The number of halogens is 1. The molecule has 2 aromatic rings. The van der Waals surface area contributed by atoms with E-state index in [0.29, 0.717) is 18.9 Å². The highest BCUT2D eigenvalue weighted by Gasteiger charge is 2.02. The Morgan fingerprint density at radius 3 is 2.94 bits per heavy atom. The predicted molar refractivity (Wildman–Crippen MR) is 72.7 cm³/mol. The molecule has 96 valence electrons. The summed E-state index contributed by atoms with van der Waals surface area (Å²) in [6, 6.07) is 8.91. The summed E-state index contributed by atoms with van der Waals surface area (Å²) in [5.74, 6) is 0.339. The third-order valence-electron chi connectivity index (χ3n) is 2.51. The van der Waals surface area contributed by atoms with Crippen LogP contribution in [0.5, 0.6) is 5.75 Å². The summed E-state index contributed by atoms with van der Waals surface area (Å²) in [7, 11) is 1.84. The summed E-state index contributed by atoms with van der Waals surface area (Å²) in [5, 5.41) is 5.04. The standard InChI is InChI=1S/C14H16FNOS/c1-16-10-11-7-12(15)9-13(8-11)17-5-4-14-3-2-6-18-14/h2-3,6-9,16H,4-5,10H2,1H3. The fourth-order valence-electron chi connectivity index (χ4n) is 1.73. The summed E-state index contributed by atoms with van der Waals surface area (Å²) in [6.07, 6.45) is 0.857. The lowest BCUT2D eigenvalue weighted by Crippen LogP contribution is -2.06. The summed E-state index contributed by atoms with van der Waals surface area (Å²) in [5.41, 5.74) is 0.892. The molecule has 0 amide bonds. The molecule has 0 saturated heterocycles. The molecule has 0 atom stereocenters. The van der Waals surface area contributed by atoms with E-state index >= 15 is 0 Å². The van der Waals surface area contributed by atoms with Crippen molar-refractivity contribution < 1.29 is 9.13 Å². The largest absolute Gasteiger partial charge is 0.493 e. The number of nitrogens with one attached hydrogen (secondary N) is 1. The van der Waals surface area contributed by atoms with Crippen molar-refractivity contribution in [1.29, 1.82) is 0 Å². The molecule has 0 bridgehead atoms. The van der Waals surface area contributed by atoms with E-state index in [2.05, 4.69) is 11.4 Å². The monoisotopic (exact) mass is 265 g/mol. The van der Waals surface area contributed by atoms with Gasteiger partial charge in [0, 0.05) is 23.9 Å². The zero-order chi connectivity index (χ0) is 12.8. The number of ether oxygens (including phenoxy) is 1. The van der Waals surface area contributed by atoms with Crippen molar-refractivity contribution in [2.75, 3.05) is 13.7 Å². The SMILES string of the molecule is CNCc1cc(F)cc(OCCc2cccs2)c1. The van der Waals surface area contributed by atoms with Gasteiger partial charge in [0.1, 0.15) is 11.6 Å². The van der Waals surface area contributed by atoms with Crippen molar-refractivity contribution in [2.24, 2.45) is 0 Å². The zero-order valence-electron chi connectivity index (χ0n) is 10.3. The molecule has 0 unspecified atom stereocenters. The average molecular weight is 265 g/mol. The van der Waals surface area contributed by atoms with Crippen molar-refractivity contribution in [2.45, 2.75) is 13.0 Å². The second kappa shape index (κ2) is 6.52. The molecule has 18 heavy (non-hydrogen) atoms. The first-order valence-corrected chi connectivity index (χ1v) is 6.75. The van der Waals surface area contributed by atoms with E-state index in [1.165, 1.54) is 17.0 Å². The van der Waals surface area contributed by atoms with E-state index in [0.717, 1.165) is 12.0 Å². The topological polar surface area (TPSA) is 21.3 Å². The van der Waals surface area contributed by atoms with Crippen LogP contribution in [0.15, 0.2) is 35.7 Å². The molecular formula is C14H16FNOS. The van der Waals surface area contributed by atoms with E-state index in [-0.39, 0.29) is 5.82 Å². The Kier molecular flexibility index (Phi) is 4.73. The van der Waals surface area contributed by atoms with Gasteiger partial charge in [-0.25, -0.2) is 4.39 Å². The molecule has 1 N–H and O–H groups in total. The number of hydrogen-bond donors (Lipinski definition) is 1. The van der Waals surface area contributed by atoms with Crippen LogP contribution in [-0.4, -0.2) is 13.7 Å². The Hall–Kier alpha value is -1.39. The summed E-state index contributed by atoms with van der Waals surface area (Å²) < 4.78 is 18.9. The Morgan fingerprint density at radius 2 is 2.22 bits per heavy atom. The Bertz CT molecular complexity index is 485. The van der Waals surface area contributed by atoms with E-state index in [1.54, 1.807) is 11.3 Å². The molecule has 1 aromatic carbocycles. The molecule has 0 aliphatic rings. The summed E-state index contributed by atoms with van der Waals surface area (Å²) in [4.78, 5) is 1.28. The molecule has 0 fully saturated rings. The third kappa shape index (κ3) is 3.82. The lowest BCUT2D eigenvalue weighted by Gasteiger charge is -2.08. The maximum atomic E-state index is 13.3. The minimum atomic E-state index is -0.256. The van der Waals surface area contributed by atoms with Gasteiger partial charge in [0.05, 0.1) is 6.61 Å². The van der Waals surface area contributed by atoms with E-state index < -0.39 is 0 Å². The lowest BCUT2D eigenvalue weighted by molar-refractivity contribution is 0.321. The van der Waals surface area contributed by atoms with Crippen molar-refractivity contribution in [3.05, 3.63) is 52.0 Å². The van der Waals surface area contributed by atoms with Crippen molar-refractivity contribution >= 4 is 11.3 Å². The van der Waals surface area contributed by atoms with Gasteiger partial charge < -0.3 is 10.1 Å². The average Bonchev–Trinajstić information content (AvgIpc) is 2.82. The highest BCUT2D eigenvalue weighted by Crippen LogP contribution is 2.17. The van der Waals surface area contributed by atoms with Crippen LogP contribution >= 0.6 is 11.3 Å². The minimum absolute atomic E-state index is 0.256. The number of benzene rings is 1. The van der Waals surface area contributed by atoms with Crippen LogP contribution in [0.25, 0.3) is 0 Å². The fraction of sp³-hybridized carbons (Fsp3) is 0.286. The highest BCUT2D eigenvalue weighted by molar-refractivity contribution is 7.09. The maximum Gasteiger partial charge on any atom is 0.127 e. The molecule has 4 heteroatoms. The van der Waals surface area contributed by atoms with Gasteiger partial charge in [-0.05, 0) is 36.2 Å². The van der Waals surface area contributed by atoms with E-state index in [9.17, 15) is 4.39 Å². The first kappa shape index (κ1) is 13.1. The van der Waals surface area contributed by atoms with Crippen LogP contribution in [0, 0.1) is 5.82 Å². The molecule has 1 aromatic heterocycles. The Morgan fingerprint density at radius 1 is 1.33 bits per heavy atom. The van der Waals surface area contributed by atoms with Crippen LogP contribution in [-0.2, 0) is 13.0 Å². The quantitative estimate of drug-likeness (QED) is 0.866. The maximum absolute atomic E-state index is 13.3. The molecule has 2 nitrogen and oxygen atoms in total. The molecule has 1 heterocycles. The number of thiophene rings is 1. The second-order valence-electron chi connectivity index (χ2n) is 4.00. The van der Waals surface area contributed by atoms with Crippen molar-refractivity contribution in [3.63, 3.8) is 0 Å². The van der Waals surface area contributed by atoms with Gasteiger partial charge in [0.2, 0.25) is 0 Å². The van der Waals surface area contributed by atoms with Crippen LogP contribution in [0.4, 0.5) is 4.39 Å². The van der Waals surface area contributed by atoms with Gasteiger partial charge in [-0.15, -0.1) is 11.3 Å². The molecule has 0 aliphatic heterocycles. The number of hydrogen-bond acceptors (Lipinski definition) is 3. The Balaban J connectivity index is 1.92. The molecular weight excluding hydrogens is 249 g/mol. The molecule has 0 aliphatic carbocycles. The van der Waals surface area contributed by atoms with Gasteiger partial charge in [0.25, 0.3) is 0 Å². The van der Waals surface area contributed by atoms with Crippen LogP contribution in [0.2, 0.25) is 0 Å². The smallest absolute Gasteiger partial charge is 0.127 e. The normalized spacial score (nSPS) is 10.6. The van der Waals surface area contributed by atoms with Crippen molar-refractivity contribution in [3.8, 4) is 5.75 Å². The van der Waals surface area contributed by atoms with Gasteiger partial charge in [0.15, 0.2) is 0 Å². The molecule has 2 rings (SSSR count). The summed E-state index contributed by atoms with van der Waals surface area (Å²) in [6.45, 7) is 1.21. The Labute approximate surface area is 110 Å². The van der Waals surface area contributed by atoms with Crippen LogP contribution in [0.1, 0.15) is 10.4 Å². The first-order valence-electron chi connectivity index (χ1n) is 5.87. The molecule has 0 radical (unpaired) electrons. The minimum Gasteiger partial charge on any atom is -0.493 e. The molecule has 0 saturated carbocycles. The van der Waals surface area contributed by atoms with Gasteiger partial charge in [-0.3, -0.25) is 0 Å². The third-order valence-corrected chi connectivity index (χ3v) is 3.45. The molecule has 0 spiro atoms.